The Morgan fingerprint density at radius 2 is 1.72 bits per heavy atom. The number of ether oxygens (including phenoxy) is 2. The van der Waals surface area contributed by atoms with E-state index in [-0.39, 0.29) is 11.9 Å². The predicted octanol–water partition coefficient (Wildman–Crippen LogP) is 2.53. The summed E-state index contributed by atoms with van der Waals surface area (Å²) in [6.07, 6.45) is 0. The molecule has 0 saturated carbocycles. The standard InChI is InChI=1S/C20H19F2N3O3S/c21-14-2-1-3-15(22)18(14)19(26)23-20(29)25-8-6-24(7-9-25)11-13-4-5-16-17(10-13)28-12-27-16/h1-5,10H,6-9,11-12H2,(H,23,26,29). The number of fused-ring (bicyclic) bond motifs is 1. The molecule has 0 radical (unpaired) electrons. The molecule has 152 valence electrons. The van der Waals surface area contributed by atoms with E-state index in [0.717, 1.165) is 48.8 Å². The number of nitrogens with zero attached hydrogens (tertiary/aromatic N) is 2. The molecular formula is C20H19F2N3O3S. The maximum absolute atomic E-state index is 13.8. The Morgan fingerprint density at radius 3 is 2.45 bits per heavy atom. The summed E-state index contributed by atoms with van der Waals surface area (Å²) in [5, 5.41) is 2.60. The van der Waals surface area contributed by atoms with Gasteiger partial charge in [-0.15, -0.1) is 0 Å². The smallest absolute Gasteiger partial charge is 0.263 e. The average Bonchev–Trinajstić information content (AvgIpc) is 3.16. The number of nitrogens with one attached hydrogen (secondary N) is 1. The largest absolute Gasteiger partial charge is 0.454 e. The maximum atomic E-state index is 13.8. The molecule has 1 saturated heterocycles. The summed E-state index contributed by atoms with van der Waals surface area (Å²) in [5.41, 5.74) is 0.491. The van der Waals surface area contributed by atoms with Crippen molar-refractivity contribution >= 4 is 23.2 Å². The number of carbonyl (C=O) groups is 1. The molecule has 2 aromatic rings. The number of carbonyl (C=O) groups excluding carboxylic acids is 1. The summed E-state index contributed by atoms with van der Waals surface area (Å²) < 4.78 is 38.2. The van der Waals surface area contributed by atoms with Crippen LogP contribution in [0.25, 0.3) is 0 Å². The first-order chi connectivity index (χ1) is 14.0. The van der Waals surface area contributed by atoms with Gasteiger partial charge in [0.2, 0.25) is 6.79 Å². The minimum atomic E-state index is -0.918. The lowest BCUT2D eigenvalue weighted by molar-refractivity contribution is 0.0961. The van der Waals surface area contributed by atoms with Crippen molar-refractivity contribution in [3.8, 4) is 11.5 Å². The first-order valence-electron chi connectivity index (χ1n) is 9.16. The monoisotopic (exact) mass is 419 g/mol. The fourth-order valence-corrected chi connectivity index (χ4v) is 3.64. The molecule has 0 aliphatic carbocycles. The normalized spacial score (nSPS) is 16.0. The van der Waals surface area contributed by atoms with Gasteiger partial charge in [0.1, 0.15) is 17.2 Å². The van der Waals surface area contributed by atoms with Gasteiger partial charge in [0, 0.05) is 32.7 Å². The number of amides is 1. The first-order valence-corrected chi connectivity index (χ1v) is 9.57. The predicted molar refractivity (Wildman–Crippen MR) is 106 cm³/mol. The van der Waals surface area contributed by atoms with E-state index in [1.54, 1.807) is 0 Å². The zero-order valence-corrected chi connectivity index (χ0v) is 16.3. The maximum Gasteiger partial charge on any atom is 0.263 e. The number of hydrogen-bond donors (Lipinski definition) is 1. The molecule has 0 spiro atoms. The molecule has 2 aliphatic rings. The fourth-order valence-electron chi connectivity index (χ4n) is 3.36. The number of hydrogen-bond acceptors (Lipinski definition) is 5. The van der Waals surface area contributed by atoms with Crippen LogP contribution in [0.4, 0.5) is 8.78 Å². The van der Waals surface area contributed by atoms with E-state index in [1.165, 1.54) is 6.07 Å². The van der Waals surface area contributed by atoms with Crippen molar-refractivity contribution in [3.63, 3.8) is 0 Å². The number of piperazine rings is 1. The van der Waals surface area contributed by atoms with Crippen LogP contribution in [0.2, 0.25) is 0 Å². The third-order valence-electron chi connectivity index (χ3n) is 4.91. The summed E-state index contributed by atoms with van der Waals surface area (Å²) in [6.45, 7) is 3.67. The summed E-state index contributed by atoms with van der Waals surface area (Å²) in [4.78, 5) is 16.3. The Bertz CT molecular complexity index is 928. The van der Waals surface area contributed by atoms with Gasteiger partial charge in [0.15, 0.2) is 16.6 Å². The highest BCUT2D eigenvalue weighted by Crippen LogP contribution is 2.32. The highest BCUT2D eigenvalue weighted by molar-refractivity contribution is 7.80. The van der Waals surface area contributed by atoms with Crippen LogP contribution < -0.4 is 14.8 Å². The van der Waals surface area contributed by atoms with E-state index in [2.05, 4.69) is 10.2 Å². The molecule has 0 unspecified atom stereocenters. The van der Waals surface area contributed by atoms with Crippen LogP contribution >= 0.6 is 12.2 Å². The van der Waals surface area contributed by atoms with Gasteiger partial charge >= 0.3 is 0 Å². The molecule has 4 rings (SSSR count). The average molecular weight is 419 g/mol. The van der Waals surface area contributed by atoms with Crippen molar-refractivity contribution in [1.82, 2.24) is 15.1 Å². The highest BCUT2D eigenvalue weighted by Gasteiger charge is 2.23. The molecule has 2 aromatic carbocycles. The number of rotatable bonds is 3. The molecule has 0 aromatic heterocycles. The van der Waals surface area contributed by atoms with Crippen molar-refractivity contribution in [2.24, 2.45) is 0 Å². The number of benzene rings is 2. The van der Waals surface area contributed by atoms with Crippen molar-refractivity contribution in [1.29, 1.82) is 0 Å². The summed E-state index contributed by atoms with van der Waals surface area (Å²) in [5.74, 6) is -1.21. The Labute approximate surface area is 172 Å². The van der Waals surface area contributed by atoms with E-state index in [1.807, 2.05) is 23.1 Å². The molecule has 1 amide bonds. The van der Waals surface area contributed by atoms with E-state index in [9.17, 15) is 13.6 Å². The zero-order chi connectivity index (χ0) is 20.4. The molecule has 0 bridgehead atoms. The van der Waals surface area contributed by atoms with Gasteiger partial charge in [-0.1, -0.05) is 12.1 Å². The SMILES string of the molecule is O=C(NC(=S)N1CCN(Cc2ccc3c(c2)OCO3)CC1)c1c(F)cccc1F. The van der Waals surface area contributed by atoms with E-state index >= 15 is 0 Å². The van der Waals surface area contributed by atoms with Crippen LogP contribution in [0.1, 0.15) is 15.9 Å². The van der Waals surface area contributed by atoms with Crippen molar-refractivity contribution in [2.45, 2.75) is 6.54 Å². The lowest BCUT2D eigenvalue weighted by atomic mass is 10.1. The van der Waals surface area contributed by atoms with Crippen LogP contribution in [-0.2, 0) is 6.54 Å². The second kappa shape index (κ2) is 8.30. The quantitative estimate of drug-likeness (QED) is 0.772. The molecule has 1 N–H and O–H groups in total. The van der Waals surface area contributed by atoms with Gasteiger partial charge in [-0.25, -0.2) is 8.78 Å². The molecular weight excluding hydrogens is 400 g/mol. The van der Waals surface area contributed by atoms with Crippen LogP contribution in [0.3, 0.4) is 0 Å². The van der Waals surface area contributed by atoms with Crippen molar-refractivity contribution < 1.29 is 23.0 Å². The minimum Gasteiger partial charge on any atom is -0.454 e. The van der Waals surface area contributed by atoms with Gasteiger partial charge in [-0.2, -0.15) is 0 Å². The second-order valence-electron chi connectivity index (χ2n) is 6.81. The Morgan fingerprint density at radius 1 is 1.03 bits per heavy atom. The van der Waals surface area contributed by atoms with Crippen LogP contribution in [0.15, 0.2) is 36.4 Å². The topological polar surface area (TPSA) is 54.0 Å². The summed E-state index contributed by atoms with van der Waals surface area (Å²) in [6, 6.07) is 9.17. The third-order valence-corrected chi connectivity index (χ3v) is 5.27. The lowest BCUT2D eigenvalue weighted by Gasteiger charge is -2.36. The fraction of sp³-hybridized carbons (Fsp3) is 0.300. The molecule has 2 heterocycles. The zero-order valence-electron chi connectivity index (χ0n) is 15.5. The van der Waals surface area contributed by atoms with Gasteiger partial charge in [-0.3, -0.25) is 15.0 Å². The van der Waals surface area contributed by atoms with Gasteiger partial charge in [-0.05, 0) is 42.0 Å². The van der Waals surface area contributed by atoms with Crippen LogP contribution in [0.5, 0.6) is 11.5 Å². The molecule has 29 heavy (non-hydrogen) atoms. The molecule has 0 atom stereocenters. The first kappa shape index (κ1) is 19.5. The number of thiocarbonyl (C=S) groups is 1. The van der Waals surface area contributed by atoms with E-state index in [4.69, 9.17) is 21.7 Å². The van der Waals surface area contributed by atoms with E-state index < -0.39 is 23.1 Å². The summed E-state index contributed by atoms with van der Waals surface area (Å²) >= 11 is 5.26. The van der Waals surface area contributed by atoms with Gasteiger partial charge in [0.25, 0.3) is 5.91 Å². The molecule has 9 heteroatoms. The second-order valence-corrected chi connectivity index (χ2v) is 7.19. The highest BCUT2D eigenvalue weighted by atomic mass is 32.1. The van der Waals surface area contributed by atoms with E-state index in [0.29, 0.717) is 13.1 Å². The Kier molecular flexibility index (Phi) is 5.59. The lowest BCUT2D eigenvalue weighted by Crippen LogP contribution is -2.52. The van der Waals surface area contributed by atoms with Crippen LogP contribution in [0, 0.1) is 11.6 Å². The Hall–Kier alpha value is -2.78. The Balaban J connectivity index is 1.30. The van der Waals surface area contributed by atoms with Gasteiger partial charge < -0.3 is 14.4 Å². The minimum absolute atomic E-state index is 0.167. The number of halogens is 2. The van der Waals surface area contributed by atoms with Crippen LogP contribution in [-0.4, -0.2) is 53.8 Å². The van der Waals surface area contributed by atoms with Crippen molar-refractivity contribution in [2.75, 3.05) is 33.0 Å². The van der Waals surface area contributed by atoms with Crippen molar-refractivity contribution in [3.05, 3.63) is 59.2 Å². The summed E-state index contributed by atoms with van der Waals surface area (Å²) in [7, 11) is 0. The molecule has 1 fully saturated rings. The third kappa shape index (κ3) is 4.30. The molecule has 2 aliphatic heterocycles. The molecule has 6 nitrogen and oxygen atoms in total. The van der Waals surface area contributed by atoms with Gasteiger partial charge in [0.05, 0.1) is 0 Å².